The Hall–Kier alpha value is -0.970. The van der Waals surface area contributed by atoms with Gasteiger partial charge in [-0.3, -0.25) is 0 Å². The quantitative estimate of drug-likeness (QED) is 0.878. The minimum Gasteiger partial charge on any atom is -0.496 e. The summed E-state index contributed by atoms with van der Waals surface area (Å²) in [4.78, 5) is 2.16. The first-order valence-electron chi connectivity index (χ1n) is 5.90. The summed E-state index contributed by atoms with van der Waals surface area (Å²) in [5.41, 5.74) is 0.899. The molecule has 1 N–H and O–H groups in total. The van der Waals surface area contributed by atoms with Crippen molar-refractivity contribution in [1.82, 2.24) is 0 Å². The molecule has 0 fully saturated rings. The molecule has 0 aliphatic carbocycles. The van der Waals surface area contributed by atoms with Gasteiger partial charge in [0.15, 0.2) is 0 Å². The molecule has 1 unspecified atom stereocenters. The highest BCUT2D eigenvalue weighted by molar-refractivity contribution is 9.10. The first kappa shape index (κ1) is 14.4. The molecule has 0 heterocycles. The normalized spacial score (nSPS) is 12.2. The summed E-state index contributed by atoms with van der Waals surface area (Å²) in [6.07, 6.45) is -0.457. The minimum absolute atomic E-state index is 0.457. The van der Waals surface area contributed by atoms with Gasteiger partial charge in [0.05, 0.1) is 18.1 Å². The van der Waals surface area contributed by atoms with Gasteiger partial charge < -0.3 is 9.84 Å². The molecule has 2 aromatic rings. The highest BCUT2D eigenvalue weighted by atomic mass is 79.9. The highest BCUT2D eigenvalue weighted by Crippen LogP contribution is 2.39. The van der Waals surface area contributed by atoms with E-state index in [0.717, 1.165) is 25.6 Å². The number of para-hydroxylation sites is 1. The fourth-order valence-corrected chi connectivity index (χ4v) is 3.25. The topological polar surface area (TPSA) is 29.5 Å². The number of methoxy groups -OCH3 is 1. The van der Waals surface area contributed by atoms with Crippen molar-refractivity contribution >= 4 is 27.7 Å². The monoisotopic (exact) mass is 338 g/mol. The summed E-state index contributed by atoms with van der Waals surface area (Å²) in [5, 5.41) is 9.56. The van der Waals surface area contributed by atoms with Crippen molar-refractivity contribution in [2.45, 2.75) is 22.8 Å². The second-order valence-corrected chi connectivity index (χ2v) is 6.06. The lowest BCUT2D eigenvalue weighted by molar-refractivity contribution is 0.199. The van der Waals surface area contributed by atoms with E-state index in [9.17, 15) is 5.11 Å². The number of benzene rings is 2. The van der Waals surface area contributed by atoms with Gasteiger partial charge in [-0.2, -0.15) is 0 Å². The molecule has 2 rings (SSSR count). The molecule has 2 aromatic carbocycles. The van der Waals surface area contributed by atoms with E-state index < -0.39 is 6.10 Å². The number of rotatable bonds is 4. The van der Waals surface area contributed by atoms with E-state index in [4.69, 9.17) is 4.74 Å². The number of hydrogen-bond acceptors (Lipinski definition) is 3. The molecule has 0 bridgehead atoms. The van der Waals surface area contributed by atoms with E-state index in [1.807, 2.05) is 42.5 Å². The summed E-state index contributed by atoms with van der Waals surface area (Å²) in [6.45, 7) is 1.76. The third-order valence-electron chi connectivity index (χ3n) is 2.73. The fraction of sp³-hybridized carbons (Fsp3) is 0.200. The van der Waals surface area contributed by atoms with Crippen molar-refractivity contribution < 1.29 is 9.84 Å². The molecule has 0 aliphatic rings. The molecule has 100 valence electrons. The average Bonchev–Trinajstić information content (AvgIpc) is 2.41. The molecular formula is C15H15BrO2S. The van der Waals surface area contributed by atoms with Crippen LogP contribution in [0.4, 0.5) is 0 Å². The Bertz CT molecular complexity index is 570. The molecule has 0 spiro atoms. The van der Waals surface area contributed by atoms with Gasteiger partial charge in [0.25, 0.3) is 0 Å². The molecule has 2 nitrogen and oxygen atoms in total. The van der Waals surface area contributed by atoms with Crippen LogP contribution in [0.1, 0.15) is 18.6 Å². The fourth-order valence-electron chi connectivity index (χ4n) is 1.68. The second kappa shape index (κ2) is 6.46. The summed E-state index contributed by atoms with van der Waals surface area (Å²) in [7, 11) is 1.67. The summed E-state index contributed by atoms with van der Waals surface area (Å²) < 4.78 is 6.32. The summed E-state index contributed by atoms with van der Waals surface area (Å²) in [5.74, 6) is 0.860. The lowest BCUT2D eigenvalue weighted by Gasteiger charge is -2.11. The van der Waals surface area contributed by atoms with Gasteiger partial charge in [-0.05, 0) is 52.7 Å². The number of aliphatic hydroxyl groups excluding tert-OH is 1. The SMILES string of the molecule is COc1ccccc1Sc1ccc(C(C)O)cc1Br. The lowest BCUT2D eigenvalue weighted by Crippen LogP contribution is -1.91. The van der Waals surface area contributed by atoms with Crippen molar-refractivity contribution in [3.8, 4) is 5.75 Å². The van der Waals surface area contributed by atoms with Gasteiger partial charge in [0, 0.05) is 9.37 Å². The van der Waals surface area contributed by atoms with Crippen molar-refractivity contribution in [3.05, 3.63) is 52.5 Å². The van der Waals surface area contributed by atoms with Gasteiger partial charge in [-0.1, -0.05) is 30.0 Å². The van der Waals surface area contributed by atoms with Gasteiger partial charge in [0.2, 0.25) is 0 Å². The molecule has 1 atom stereocenters. The highest BCUT2D eigenvalue weighted by Gasteiger charge is 2.09. The van der Waals surface area contributed by atoms with Gasteiger partial charge in [0.1, 0.15) is 5.75 Å². The Morgan fingerprint density at radius 2 is 1.89 bits per heavy atom. The molecular weight excluding hydrogens is 324 g/mol. The predicted molar refractivity (Wildman–Crippen MR) is 81.9 cm³/mol. The van der Waals surface area contributed by atoms with Crippen LogP contribution in [0.25, 0.3) is 0 Å². The third kappa shape index (κ3) is 3.53. The van der Waals surface area contributed by atoms with Crippen LogP contribution < -0.4 is 4.74 Å². The summed E-state index contributed by atoms with van der Waals surface area (Å²) in [6, 6.07) is 13.8. The molecule has 0 saturated carbocycles. The smallest absolute Gasteiger partial charge is 0.132 e. The average molecular weight is 339 g/mol. The molecule has 0 saturated heterocycles. The molecule has 0 aliphatic heterocycles. The van der Waals surface area contributed by atoms with Crippen LogP contribution in [0.3, 0.4) is 0 Å². The van der Waals surface area contributed by atoms with Gasteiger partial charge in [-0.15, -0.1) is 0 Å². The van der Waals surface area contributed by atoms with Crippen LogP contribution >= 0.6 is 27.7 Å². The van der Waals surface area contributed by atoms with Crippen molar-refractivity contribution in [2.24, 2.45) is 0 Å². The van der Waals surface area contributed by atoms with E-state index in [0.29, 0.717) is 0 Å². The molecule has 0 amide bonds. The van der Waals surface area contributed by atoms with E-state index in [1.54, 1.807) is 25.8 Å². The third-order valence-corrected chi connectivity index (χ3v) is 4.78. The van der Waals surface area contributed by atoms with Crippen molar-refractivity contribution in [3.63, 3.8) is 0 Å². The number of aliphatic hydroxyl groups is 1. The number of hydrogen-bond donors (Lipinski definition) is 1. The van der Waals surface area contributed by atoms with Crippen LogP contribution in [-0.4, -0.2) is 12.2 Å². The van der Waals surface area contributed by atoms with Crippen molar-refractivity contribution in [1.29, 1.82) is 0 Å². The van der Waals surface area contributed by atoms with Crippen LogP contribution in [0.5, 0.6) is 5.75 Å². The maximum absolute atomic E-state index is 9.56. The first-order chi connectivity index (χ1) is 9.11. The van der Waals surface area contributed by atoms with Gasteiger partial charge in [-0.25, -0.2) is 0 Å². The largest absolute Gasteiger partial charge is 0.496 e. The Labute approximate surface area is 125 Å². The zero-order valence-electron chi connectivity index (χ0n) is 10.8. The standard InChI is InChI=1S/C15H15BrO2S/c1-10(17)11-7-8-14(12(16)9-11)19-15-6-4-3-5-13(15)18-2/h3-10,17H,1-2H3. The van der Waals surface area contributed by atoms with Crippen LogP contribution in [-0.2, 0) is 0 Å². The van der Waals surface area contributed by atoms with E-state index >= 15 is 0 Å². The summed E-state index contributed by atoms with van der Waals surface area (Å²) >= 11 is 5.18. The van der Waals surface area contributed by atoms with E-state index in [-0.39, 0.29) is 0 Å². The Kier molecular flexibility index (Phi) is 4.91. The number of ether oxygens (including phenoxy) is 1. The Balaban J connectivity index is 2.28. The maximum atomic E-state index is 9.56. The molecule has 0 aromatic heterocycles. The van der Waals surface area contributed by atoms with Crippen LogP contribution in [0.15, 0.2) is 56.7 Å². The molecule has 0 radical (unpaired) electrons. The zero-order valence-corrected chi connectivity index (χ0v) is 13.2. The van der Waals surface area contributed by atoms with Gasteiger partial charge >= 0.3 is 0 Å². The zero-order chi connectivity index (χ0) is 13.8. The lowest BCUT2D eigenvalue weighted by atomic mass is 10.1. The second-order valence-electron chi connectivity index (χ2n) is 4.12. The first-order valence-corrected chi connectivity index (χ1v) is 7.51. The van der Waals surface area contributed by atoms with Crippen LogP contribution in [0, 0.1) is 0 Å². The van der Waals surface area contributed by atoms with Crippen LogP contribution in [0.2, 0.25) is 0 Å². The Morgan fingerprint density at radius 3 is 2.53 bits per heavy atom. The predicted octanol–water partition coefficient (Wildman–Crippen LogP) is 4.66. The number of halogens is 1. The molecule has 4 heteroatoms. The Morgan fingerprint density at radius 1 is 1.16 bits per heavy atom. The van der Waals surface area contributed by atoms with E-state index in [1.165, 1.54) is 0 Å². The van der Waals surface area contributed by atoms with Crippen molar-refractivity contribution in [2.75, 3.05) is 7.11 Å². The van der Waals surface area contributed by atoms with E-state index in [2.05, 4.69) is 15.9 Å². The molecule has 19 heavy (non-hydrogen) atoms. The minimum atomic E-state index is -0.457. The maximum Gasteiger partial charge on any atom is 0.132 e.